The van der Waals surface area contributed by atoms with Crippen molar-refractivity contribution in [1.29, 1.82) is 0 Å². The van der Waals surface area contributed by atoms with Gasteiger partial charge in [-0.2, -0.15) is 0 Å². The number of aromatic amines is 1. The van der Waals surface area contributed by atoms with Gasteiger partial charge in [0.05, 0.1) is 12.2 Å². The second-order valence-electron chi connectivity index (χ2n) is 6.62. The fraction of sp³-hybridized carbons (Fsp3) is 0.750. The Hall–Kier alpha value is -1.40. The van der Waals surface area contributed by atoms with E-state index in [1.54, 1.807) is 12.4 Å². The Labute approximate surface area is 131 Å². The molecular formula is C16H26N4O2. The Bertz CT molecular complexity index is 537. The molecule has 4 atom stereocenters. The molecule has 3 rings (SSSR count). The van der Waals surface area contributed by atoms with Gasteiger partial charge in [0.1, 0.15) is 0 Å². The van der Waals surface area contributed by atoms with E-state index < -0.39 is 0 Å². The first-order chi connectivity index (χ1) is 10.6. The van der Waals surface area contributed by atoms with Crippen LogP contribution < -0.4 is 15.8 Å². The maximum Gasteiger partial charge on any atom is 0.290 e. The van der Waals surface area contributed by atoms with Crippen molar-refractivity contribution in [2.24, 2.45) is 0 Å². The van der Waals surface area contributed by atoms with Crippen LogP contribution in [0.25, 0.3) is 0 Å². The minimum atomic E-state index is -0.100. The summed E-state index contributed by atoms with van der Waals surface area (Å²) in [5.41, 5.74) is -0.100. The van der Waals surface area contributed by atoms with Crippen molar-refractivity contribution >= 4 is 5.82 Å². The molecule has 1 aromatic rings. The highest BCUT2D eigenvalue weighted by molar-refractivity contribution is 5.36. The monoisotopic (exact) mass is 306 g/mol. The number of anilines is 1. The van der Waals surface area contributed by atoms with Gasteiger partial charge in [0.15, 0.2) is 5.82 Å². The molecule has 0 aromatic carbocycles. The highest BCUT2D eigenvalue weighted by atomic mass is 16.5. The van der Waals surface area contributed by atoms with Gasteiger partial charge in [0.25, 0.3) is 5.56 Å². The Morgan fingerprint density at radius 3 is 2.82 bits per heavy atom. The molecule has 2 N–H and O–H groups in total. The number of hydrogen-bond donors (Lipinski definition) is 2. The highest BCUT2D eigenvalue weighted by Gasteiger charge is 2.29. The predicted molar refractivity (Wildman–Crippen MR) is 86.3 cm³/mol. The van der Waals surface area contributed by atoms with Crippen molar-refractivity contribution in [2.75, 3.05) is 18.0 Å². The van der Waals surface area contributed by atoms with Gasteiger partial charge in [-0.15, -0.1) is 0 Å². The topological polar surface area (TPSA) is 70.2 Å². The quantitative estimate of drug-likeness (QED) is 0.880. The summed E-state index contributed by atoms with van der Waals surface area (Å²) in [6.07, 6.45) is 8.23. The zero-order valence-electron chi connectivity index (χ0n) is 13.4. The number of piperidine rings is 1. The molecule has 0 saturated carbocycles. The summed E-state index contributed by atoms with van der Waals surface area (Å²) in [6.45, 7) is 6.04. The highest BCUT2D eigenvalue weighted by Crippen LogP contribution is 2.21. The summed E-state index contributed by atoms with van der Waals surface area (Å²) in [4.78, 5) is 21.0. The fourth-order valence-electron chi connectivity index (χ4n) is 3.75. The number of rotatable bonds is 3. The maximum absolute atomic E-state index is 11.9. The molecule has 2 aliphatic heterocycles. The van der Waals surface area contributed by atoms with Gasteiger partial charge in [0, 0.05) is 37.6 Å². The van der Waals surface area contributed by atoms with E-state index in [0.29, 0.717) is 30.1 Å². The standard InChI is InChI=1S/C16H26N4O2/c1-11-8-14(9-12(2)22-11)19-13-4-3-7-20(10-13)15-16(21)18-6-5-17-15/h5-6,11-14,19H,3-4,7-10H2,1-2H3,(H,18,21)/t11-,12+,13-,14?/m0/s1. The SMILES string of the molecule is C[C@@H]1CC(N[C@H]2CCCN(c3ncc[nH]c3=O)C2)C[C@H](C)O1. The Balaban J connectivity index is 1.61. The third-order valence-corrected chi connectivity index (χ3v) is 4.58. The van der Waals surface area contributed by atoms with Gasteiger partial charge in [-0.25, -0.2) is 4.98 Å². The molecule has 1 unspecified atom stereocenters. The molecule has 122 valence electrons. The maximum atomic E-state index is 11.9. The molecule has 1 aromatic heterocycles. The summed E-state index contributed by atoms with van der Waals surface area (Å²) in [5, 5.41) is 3.78. The third-order valence-electron chi connectivity index (χ3n) is 4.58. The molecule has 6 heteroatoms. The smallest absolute Gasteiger partial charge is 0.290 e. The van der Waals surface area contributed by atoms with Crippen molar-refractivity contribution in [1.82, 2.24) is 15.3 Å². The lowest BCUT2D eigenvalue weighted by Gasteiger charge is -2.39. The van der Waals surface area contributed by atoms with Crippen LogP contribution in [-0.4, -0.2) is 47.3 Å². The van der Waals surface area contributed by atoms with Crippen LogP contribution in [0, 0.1) is 0 Å². The van der Waals surface area contributed by atoms with Crippen LogP contribution in [0.4, 0.5) is 5.82 Å². The minimum Gasteiger partial charge on any atom is -0.375 e. The average molecular weight is 306 g/mol. The van der Waals surface area contributed by atoms with Gasteiger partial charge >= 0.3 is 0 Å². The molecule has 0 aliphatic carbocycles. The predicted octanol–water partition coefficient (Wildman–Crippen LogP) is 1.28. The van der Waals surface area contributed by atoms with E-state index in [4.69, 9.17) is 4.74 Å². The van der Waals surface area contributed by atoms with E-state index in [9.17, 15) is 4.79 Å². The summed E-state index contributed by atoms with van der Waals surface area (Å²) in [7, 11) is 0. The Kier molecular flexibility index (Phi) is 4.78. The van der Waals surface area contributed by atoms with Crippen LogP contribution in [0.1, 0.15) is 39.5 Å². The molecule has 0 radical (unpaired) electrons. The molecule has 3 heterocycles. The summed E-state index contributed by atoms with van der Waals surface area (Å²) < 4.78 is 5.81. The molecule has 2 aliphatic rings. The van der Waals surface area contributed by atoms with Crippen molar-refractivity contribution in [3.05, 3.63) is 22.7 Å². The number of ether oxygens (including phenoxy) is 1. The van der Waals surface area contributed by atoms with Crippen LogP contribution in [0.5, 0.6) is 0 Å². The first-order valence-electron chi connectivity index (χ1n) is 8.32. The van der Waals surface area contributed by atoms with E-state index in [2.05, 4.69) is 34.0 Å². The lowest BCUT2D eigenvalue weighted by Crippen LogP contribution is -2.52. The van der Waals surface area contributed by atoms with Crippen LogP contribution in [-0.2, 0) is 4.74 Å². The van der Waals surface area contributed by atoms with E-state index in [-0.39, 0.29) is 5.56 Å². The van der Waals surface area contributed by atoms with Crippen molar-refractivity contribution in [3.8, 4) is 0 Å². The lowest BCUT2D eigenvalue weighted by molar-refractivity contribution is -0.0437. The zero-order valence-corrected chi connectivity index (χ0v) is 13.4. The van der Waals surface area contributed by atoms with Crippen LogP contribution in [0.2, 0.25) is 0 Å². The normalized spacial score (nSPS) is 32.9. The second-order valence-corrected chi connectivity index (χ2v) is 6.62. The number of nitrogens with zero attached hydrogens (tertiary/aromatic N) is 2. The molecule has 0 spiro atoms. The van der Waals surface area contributed by atoms with Crippen LogP contribution in [0.15, 0.2) is 17.2 Å². The van der Waals surface area contributed by atoms with Gasteiger partial charge in [-0.3, -0.25) is 4.79 Å². The zero-order chi connectivity index (χ0) is 15.5. The Morgan fingerprint density at radius 2 is 2.09 bits per heavy atom. The number of H-pyrrole nitrogens is 1. The molecule has 2 fully saturated rings. The van der Waals surface area contributed by atoms with E-state index >= 15 is 0 Å². The molecule has 0 bridgehead atoms. The van der Waals surface area contributed by atoms with E-state index in [1.165, 1.54) is 0 Å². The number of hydrogen-bond acceptors (Lipinski definition) is 5. The summed E-state index contributed by atoms with van der Waals surface area (Å²) in [6, 6.07) is 0.920. The van der Waals surface area contributed by atoms with Gasteiger partial charge in [0.2, 0.25) is 0 Å². The van der Waals surface area contributed by atoms with Crippen molar-refractivity contribution in [2.45, 2.75) is 63.8 Å². The van der Waals surface area contributed by atoms with E-state index in [0.717, 1.165) is 38.8 Å². The molecule has 2 saturated heterocycles. The average Bonchev–Trinajstić information content (AvgIpc) is 2.47. The van der Waals surface area contributed by atoms with Crippen molar-refractivity contribution < 1.29 is 4.74 Å². The number of nitrogens with one attached hydrogen (secondary N) is 2. The third kappa shape index (κ3) is 3.67. The van der Waals surface area contributed by atoms with Crippen molar-refractivity contribution in [3.63, 3.8) is 0 Å². The van der Waals surface area contributed by atoms with Gasteiger partial charge < -0.3 is 19.9 Å². The van der Waals surface area contributed by atoms with Gasteiger partial charge in [-0.05, 0) is 39.5 Å². The number of aromatic nitrogens is 2. The first-order valence-corrected chi connectivity index (χ1v) is 8.32. The molecular weight excluding hydrogens is 280 g/mol. The second kappa shape index (κ2) is 6.79. The van der Waals surface area contributed by atoms with E-state index in [1.807, 2.05) is 0 Å². The van der Waals surface area contributed by atoms with Gasteiger partial charge in [-0.1, -0.05) is 0 Å². The first kappa shape index (κ1) is 15.5. The largest absolute Gasteiger partial charge is 0.375 e. The summed E-state index contributed by atoms with van der Waals surface area (Å²) >= 11 is 0. The summed E-state index contributed by atoms with van der Waals surface area (Å²) in [5.74, 6) is 0.544. The fourth-order valence-corrected chi connectivity index (χ4v) is 3.75. The van der Waals surface area contributed by atoms with Crippen LogP contribution in [0.3, 0.4) is 0 Å². The Morgan fingerprint density at radius 1 is 1.32 bits per heavy atom. The molecule has 6 nitrogen and oxygen atoms in total. The molecule has 22 heavy (non-hydrogen) atoms. The van der Waals surface area contributed by atoms with Crippen LogP contribution >= 0.6 is 0 Å². The molecule has 0 amide bonds. The lowest BCUT2D eigenvalue weighted by atomic mass is 9.97. The minimum absolute atomic E-state index is 0.100.